The van der Waals surface area contributed by atoms with Gasteiger partial charge in [-0.1, -0.05) is 18.9 Å². The number of likely N-dealkylation sites (tertiary alicyclic amines) is 1. The van der Waals surface area contributed by atoms with Crippen LogP contribution in [0.4, 0.5) is 0 Å². The monoisotopic (exact) mass is 391 g/mol. The van der Waals surface area contributed by atoms with Gasteiger partial charge >= 0.3 is 0 Å². The SMILES string of the molecule is O=C(c1cccc(S(=O)(=O)NC2CCCC2)c1)N1CC[C@@H]2CNC[C@@H]2CC1. The summed E-state index contributed by atoms with van der Waals surface area (Å²) in [4.78, 5) is 15.1. The Morgan fingerprint density at radius 3 is 2.37 bits per heavy atom. The van der Waals surface area contributed by atoms with E-state index in [9.17, 15) is 13.2 Å². The van der Waals surface area contributed by atoms with E-state index in [4.69, 9.17) is 0 Å². The van der Waals surface area contributed by atoms with Crippen molar-refractivity contribution in [3.63, 3.8) is 0 Å². The molecule has 3 fully saturated rings. The Bertz CT molecular complexity index is 775. The standard InChI is InChI=1S/C20H29N3O3S/c24-20(23-10-8-16-13-21-14-17(16)9-11-23)15-4-3-7-19(12-15)27(25,26)22-18-5-1-2-6-18/h3-4,7,12,16-18,21-22H,1-2,5-6,8-11,13-14H2/t16-,17+. The molecule has 7 heteroatoms. The lowest BCUT2D eigenvalue weighted by Crippen LogP contribution is -2.34. The predicted molar refractivity (Wildman–Crippen MR) is 104 cm³/mol. The zero-order valence-electron chi connectivity index (χ0n) is 15.7. The van der Waals surface area contributed by atoms with Crippen molar-refractivity contribution in [2.24, 2.45) is 11.8 Å². The van der Waals surface area contributed by atoms with Crippen LogP contribution in [0, 0.1) is 11.8 Å². The molecule has 2 atom stereocenters. The molecule has 0 radical (unpaired) electrons. The van der Waals surface area contributed by atoms with E-state index in [2.05, 4.69) is 10.0 Å². The number of hydrogen-bond donors (Lipinski definition) is 2. The van der Waals surface area contributed by atoms with Crippen LogP contribution in [0.5, 0.6) is 0 Å². The summed E-state index contributed by atoms with van der Waals surface area (Å²) >= 11 is 0. The molecule has 2 saturated heterocycles. The molecular weight excluding hydrogens is 362 g/mol. The zero-order valence-corrected chi connectivity index (χ0v) is 16.5. The van der Waals surface area contributed by atoms with E-state index in [-0.39, 0.29) is 16.8 Å². The Morgan fingerprint density at radius 2 is 1.70 bits per heavy atom. The van der Waals surface area contributed by atoms with Crippen molar-refractivity contribution in [1.82, 2.24) is 14.9 Å². The average Bonchev–Trinajstić information content (AvgIpc) is 3.29. The van der Waals surface area contributed by atoms with Gasteiger partial charge in [0.1, 0.15) is 0 Å². The fraction of sp³-hybridized carbons (Fsp3) is 0.650. The Kier molecular flexibility index (Phi) is 5.53. The summed E-state index contributed by atoms with van der Waals surface area (Å²) in [5, 5.41) is 3.44. The third-order valence-electron chi connectivity index (χ3n) is 6.37. The number of carbonyl (C=O) groups excluding carboxylic acids is 1. The van der Waals surface area contributed by atoms with E-state index in [0.29, 0.717) is 17.4 Å². The van der Waals surface area contributed by atoms with Gasteiger partial charge in [0.15, 0.2) is 0 Å². The third kappa shape index (κ3) is 4.20. The highest BCUT2D eigenvalue weighted by Crippen LogP contribution is 2.28. The fourth-order valence-corrected chi connectivity index (χ4v) is 6.08. The maximum Gasteiger partial charge on any atom is 0.253 e. The lowest BCUT2D eigenvalue weighted by Gasteiger charge is -2.21. The first-order chi connectivity index (χ1) is 13.0. The number of fused-ring (bicyclic) bond motifs is 1. The van der Waals surface area contributed by atoms with Gasteiger partial charge in [-0.15, -0.1) is 0 Å². The van der Waals surface area contributed by atoms with Crippen LogP contribution >= 0.6 is 0 Å². The van der Waals surface area contributed by atoms with Gasteiger partial charge in [0.2, 0.25) is 10.0 Å². The van der Waals surface area contributed by atoms with Crippen LogP contribution in [0.15, 0.2) is 29.2 Å². The summed E-state index contributed by atoms with van der Waals surface area (Å²) in [6.07, 6.45) is 5.96. The van der Waals surface area contributed by atoms with E-state index in [1.54, 1.807) is 18.2 Å². The second kappa shape index (κ2) is 7.89. The van der Waals surface area contributed by atoms with Crippen LogP contribution in [-0.2, 0) is 10.0 Å². The molecule has 3 aliphatic rings. The summed E-state index contributed by atoms with van der Waals surface area (Å²) in [5.74, 6) is 1.26. The topological polar surface area (TPSA) is 78.5 Å². The van der Waals surface area contributed by atoms with Gasteiger partial charge < -0.3 is 10.2 Å². The van der Waals surface area contributed by atoms with Gasteiger partial charge in [0.25, 0.3) is 5.91 Å². The van der Waals surface area contributed by atoms with Crippen molar-refractivity contribution in [3.8, 4) is 0 Å². The minimum absolute atomic E-state index is 0.0213. The lowest BCUT2D eigenvalue weighted by atomic mass is 9.92. The van der Waals surface area contributed by atoms with Crippen LogP contribution in [0.25, 0.3) is 0 Å². The molecule has 1 saturated carbocycles. The van der Waals surface area contributed by atoms with Crippen molar-refractivity contribution < 1.29 is 13.2 Å². The lowest BCUT2D eigenvalue weighted by molar-refractivity contribution is 0.0758. The van der Waals surface area contributed by atoms with Gasteiger partial charge in [0, 0.05) is 24.7 Å². The Morgan fingerprint density at radius 1 is 1.04 bits per heavy atom. The normalized spacial score (nSPS) is 26.7. The molecule has 1 amide bonds. The molecule has 1 aromatic carbocycles. The number of amides is 1. The van der Waals surface area contributed by atoms with Crippen LogP contribution in [0.3, 0.4) is 0 Å². The molecule has 0 bridgehead atoms. The maximum absolute atomic E-state index is 13.0. The number of rotatable bonds is 4. The van der Waals surface area contributed by atoms with Crippen molar-refractivity contribution >= 4 is 15.9 Å². The summed E-state index contributed by atoms with van der Waals surface area (Å²) in [5.41, 5.74) is 0.467. The predicted octanol–water partition coefficient (Wildman–Crippen LogP) is 1.98. The number of nitrogens with one attached hydrogen (secondary N) is 2. The van der Waals surface area contributed by atoms with Crippen LogP contribution in [-0.4, -0.2) is 51.4 Å². The molecule has 1 aromatic rings. The zero-order chi connectivity index (χ0) is 18.9. The quantitative estimate of drug-likeness (QED) is 0.823. The van der Waals surface area contributed by atoms with Gasteiger partial charge in [-0.2, -0.15) is 0 Å². The molecule has 2 aliphatic heterocycles. The number of sulfonamides is 1. The molecule has 0 spiro atoms. The number of nitrogens with zero attached hydrogens (tertiary/aromatic N) is 1. The first kappa shape index (κ1) is 18.9. The van der Waals surface area contributed by atoms with E-state index < -0.39 is 10.0 Å². The van der Waals surface area contributed by atoms with E-state index >= 15 is 0 Å². The largest absolute Gasteiger partial charge is 0.339 e. The molecule has 148 valence electrons. The molecule has 2 heterocycles. The third-order valence-corrected chi connectivity index (χ3v) is 7.89. The number of hydrogen-bond acceptors (Lipinski definition) is 4. The molecule has 0 unspecified atom stereocenters. The van der Waals surface area contributed by atoms with Gasteiger partial charge in [-0.3, -0.25) is 4.79 Å². The van der Waals surface area contributed by atoms with Crippen molar-refractivity contribution in [2.75, 3.05) is 26.2 Å². The first-order valence-electron chi connectivity index (χ1n) is 10.2. The average molecular weight is 392 g/mol. The molecule has 2 N–H and O–H groups in total. The minimum Gasteiger partial charge on any atom is -0.339 e. The molecule has 0 aromatic heterocycles. The van der Waals surface area contributed by atoms with Gasteiger partial charge in [0.05, 0.1) is 4.90 Å². The van der Waals surface area contributed by atoms with Gasteiger partial charge in [-0.05, 0) is 68.8 Å². The summed E-state index contributed by atoms with van der Waals surface area (Å²) in [7, 11) is -3.58. The molecule has 4 rings (SSSR count). The van der Waals surface area contributed by atoms with E-state index in [1.165, 1.54) is 6.07 Å². The smallest absolute Gasteiger partial charge is 0.253 e. The minimum atomic E-state index is -3.58. The second-order valence-electron chi connectivity index (χ2n) is 8.18. The summed E-state index contributed by atoms with van der Waals surface area (Å²) < 4.78 is 28.2. The van der Waals surface area contributed by atoms with Gasteiger partial charge in [-0.25, -0.2) is 13.1 Å². The molecular formula is C20H29N3O3S. The summed E-state index contributed by atoms with van der Waals surface area (Å²) in [6, 6.07) is 6.53. The van der Waals surface area contributed by atoms with Crippen LogP contribution < -0.4 is 10.0 Å². The maximum atomic E-state index is 13.0. The molecule has 6 nitrogen and oxygen atoms in total. The molecule has 1 aliphatic carbocycles. The number of carbonyl (C=O) groups is 1. The van der Waals surface area contributed by atoms with Crippen molar-refractivity contribution in [3.05, 3.63) is 29.8 Å². The van der Waals surface area contributed by atoms with Crippen molar-refractivity contribution in [2.45, 2.75) is 49.5 Å². The Labute approximate surface area is 161 Å². The first-order valence-corrected chi connectivity index (χ1v) is 11.6. The highest BCUT2D eigenvalue weighted by Gasteiger charge is 2.32. The van der Waals surface area contributed by atoms with Crippen molar-refractivity contribution in [1.29, 1.82) is 0 Å². The number of benzene rings is 1. The second-order valence-corrected chi connectivity index (χ2v) is 9.89. The highest BCUT2D eigenvalue weighted by atomic mass is 32.2. The summed E-state index contributed by atoms with van der Waals surface area (Å²) in [6.45, 7) is 3.60. The fourth-order valence-electron chi connectivity index (χ4n) is 4.73. The van der Waals surface area contributed by atoms with Crippen LogP contribution in [0.1, 0.15) is 48.9 Å². The van der Waals surface area contributed by atoms with E-state index in [0.717, 1.165) is 64.7 Å². The Balaban J connectivity index is 1.47. The Hall–Kier alpha value is -1.44. The molecule has 27 heavy (non-hydrogen) atoms. The highest BCUT2D eigenvalue weighted by molar-refractivity contribution is 7.89. The van der Waals surface area contributed by atoms with E-state index in [1.807, 2.05) is 4.90 Å². The van der Waals surface area contributed by atoms with Crippen LogP contribution in [0.2, 0.25) is 0 Å².